The highest BCUT2D eigenvalue weighted by molar-refractivity contribution is 4.84. The molecule has 0 aromatic heterocycles. The molecule has 0 aliphatic heterocycles. The maximum atomic E-state index is 5.89. The van der Waals surface area contributed by atoms with Gasteiger partial charge in [0.1, 0.15) is 0 Å². The van der Waals surface area contributed by atoms with E-state index in [0.717, 1.165) is 45.3 Å². The third-order valence-electron chi connectivity index (χ3n) is 4.82. The summed E-state index contributed by atoms with van der Waals surface area (Å²) >= 11 is 0. The van der Waals surface area contributed by atoms with Gasteiger partial charge in [-0.05, 0) is 45.1 Å². The molecule has 1 unspecified atom stereocenters. The van der Waals surface area contributed by atoms with Crippen molar-refractivity contribution in [3.63, 3.8) is 0 Å². The number of methoxy groups -OCH3 is 1. The second-order valence-electron chi connectivity index (χ2n) is 6.57. The molecule has 0 aromatic rings. The summed E-state index contributed by atoms with van der Waals surface area (Å²) in [5.41, 5.74) is 0. The largest absolute Gasteiger partial charge is 0.381 e. The first-order valence-corrected chi connectivity index (χ1v) is 8.77. The van der Waals surface area contributed by atoms with Crippen molar-refractivity contribution in [1.82, 2.24) is 5.32 Å². The van der Waals surface area contributed by atoms with E-state index in [1.807, 2.05) is 7.05 Å². The first-order chi connectivity index (χ1) is 10.7. The Hall–Kier alpha value is -0.200. The van der Waals surface area contributed by atoms with Crippen LogP contribution in [0.4, 0.5) is 0 Å². The van der Waals surface area contributed by atoms with Crippen LogP contribution in [0.5, 0.6) is 0 Å². The normalized spacial score (nSPS) is 32.3. The van der Waals surface area contributed by atoms with Crippen LogP contribution in [0.25, 0.3) is 0 Å². The summed E-state index contributed by atoms with van der Waals surface area (Å²) in [7, 11) is 3.73. The van der Waals surface area contributed by atoms with Gasteiger partial charge >= 0.3 is 0 Å². The molecular weight excluding hydrogens is 282 g/mol. The third-order valence-corrected chi connectivity index (χ3v) is 4.82. The molecule has 0 heterocycles. The van der Waals surface area contributed by atoms with Crippen LogP contribution in [0.3, 0.4) is 0 Å². The smallest absolute Gasteiger partial charge is 0.0705 e. The Balaban J connectivity index is 1.40. The van der Waals surface area contributed by atoms with Crippen LogP contribution in [0.2, 0.25) is 0 Å². The van der Waals surface area contributed by atoms with Crippen LogP contribution in [0.1, 0.15) is 39.0 Å². The lowest BCUT2D eigenvalue weighted by atomic mass is 9.82. The van der Waals surface area contributed by atoms with Crippen molar-refractivity contribution >= 4 is 0 Å². The zero-order valence-electron chi connectivity index (χ0n) is 14.4. The predicted molar refractivity (Wildman–Crippen MR) is 86.2 cm³/mol. The summed E-state index contributed by atoms with van der Waals surface area (Å²) in [5.74, 6) is 0.681. The van der Waals surface area contributed by atoms with Gasteiger partial charge in [-0.15, -0.1) is 0 Å². The number of hydrogen-bond donors (Lipinski definition) is 1. The highest BCUT2D eigenvalue weighted by atomic mass is 16.5. The summed E-state index contributed by atoms with van der Waals surface area (Å²) in [5, 5.41) is 3.15. The fourth-order valence-electron chi connectivity index (χ4n) is 3.04. The van der Waals surface area contributed by atoms with Crippen LogP contribution in [-0.2, 0) is 18.9 Å². The van der Waals surface area contributed by atoms with Crippen molar-refractivity contribution in [2.45, 2.75) is 63.4 Å². The van der Waals surface area contributed by atoms with E-state index < -0.39 is 0 Å². The molecule has 0 aromatic carbocycles. The number of ether oxygens (including phenoxy) is 4. The molecule has 5 heteroatoms. The first-order valence-electron chi connectivity index (χ1n) is 8.77. The molecule has 2 saturated carbocycles. The SMILES string of the molecule is CCC(CNC)OCCOC1CC(COC2CC(OC)C2)C1. The molecule has 0 radical (unpaired) electrons. The Morgan fingerprint density at radius 1 is 1.00 bits per heavy atom. The number of nitrogens with one attached hydrogen (secondary N) is 1. The predicted octanol–water partition coefficient (Wildman–Crippen LogP) is 1.99. The van der Waals surface area contributed by atoms with Gasteiger partial charge in [0.2, 0.25) is 0 Å². The molecule has 22 heavy (non-hydrogen) atoms. The number of likely N-dealkylation sites (N-methyl/N-ethyl adjacent to an activating group) is 1. The molecule has 0 saturated heterocycles. The Morgan fingerprint density at radius 3 is 2.36 bits per heavy atom. The Labute approximate surface area is 135 Å². The molecule has 130 valence electrons. The van der Waals surface area contributed by atoms with E-state index in [2.05, 4.69) is 12.2 Å². The fourth-order valence-corrected chi connectivity index (χ4v) is 3.04. The van der Waals surface area contributed by atoms with Gasteiger partial charge in [0.25, 0.3) is 0 Å². The minimum Gasteiger partial charge on any atom is -0.381 e. The molecular formula is C17H33NO4. The Kier molecular flexibility index (Phi) is 8.11. The van der Waals surface area contributed by atoms with E-state index >= 15 is 0 Å². The quantitative estimate of drug-likeness (QED) is 0.558. The number of rotatable bonds is 12. The van der Waals surface area contributed by atoms with Crippen LogP contribution >= 0.6 is 0 Å². The summed E-state index contributed by atoms with van der Waals surface area (Å²) in [4.78, 5) is 0. The summed E-state index contributed by atoms with van der Waals surface area (Å²) in [6.45, 7) is 5.34. The molecule has 0 spiro atoms. The Bertz CT molecular complexity index is 290. The van der Waals surface area contributed by atoms with Crippen LogP contribution in [0.15, 0.2) is 0 Å². The van der Waals surface area contributed by atoms with Crippen LogP contribution in [-0.4, -0.2) is 64.9 Å². The second kappa shape index (κ2) is 9.83. The van der Waals surface area contributed by atoms with Crippen LogP contribution in [0, 0.1) is 5.92 Å². The van der Waals surface area contributed by atoms with Gasteiger partial charge in [0, 0.05) is 20.3 Å². The minimum absolute atomic E-state index is 0.301. The molecule has 5 nitrogen and oxygen atoms in total. The van der Waals surface area contributed by atoms with Crippen molar-refractivity contribution in [2.75, 3.05) is 40.5 Å². The van der Waals surface area contributed by atoms with E-state index in [1.165, 1.54) is 0 Å². The first kappa shape index (κ1) is 18.1. The van der Waals surface area contributed by atoms with Crippen molar-refractivity contribution in [3.8, 4) is 0 Å². The van der Waals surface area contributed by atoms with Gasteiger partial charge in [0.05, 0.1) is 37.6 Å². The summed E-state index contributed by atoms with van der Waals surface area (Å²) in [6.07, 6.45) is 6.99. The average molecular weight is 315 g/mol. The lowest BCUT2D eigenvalue weighted by Crippen LogP contribution is -2.40. The summed E-state index contributed by atoms with van der Waals surface area (Å²) in [6, 6.07) is 0. The summed E-state index contributed by atoms with van der Waals surface area (Å²) < 4.78 is 22.8. The van der Waals surface area contributed by atoms with E-state index in [9.17, 15) is 0 Å². The molecule has 0 amide bonds. The highest BCUT2D eigenvalue weighted by Crippen LogP contribution is 2.32. The molecule has 2 aliphatic carbocycles. The zero-order valence-corrected chi connectivity index (χ0v) is 14.4. The van der Waals surface area contributed by atoms with Crippen molar-refractivity contribution in [3.05, 3.63) is 0 Å². The zero-order chi connectivity index (χ0) is 15.8. The highest BCUT2D eigenvalue weighted by Gasteiger charge is 2.34. The standard InChI is InChI=1S/C17H33NO4/c1-4-14(11-18-2)20-5-6-21-16-7-13(8-16)12-22-17-9-15(10-17)19-3/h13-18H,4-12H2,1-3H3. The monoisotopic (exact) mass is 315 g/mol. The molecule has 2 fully saturated rings. The molecule has 2 rings (SSSR count). The molecule has 2 aliphatic rings. The van der Waals surface area contributed by atoms with Crippen molar-refractivity contribution in [2.24, 2.45) is 5.92 Å². The van der Waals surface area contributed by atoms with E-state index in [1.54, 1.807) is 7.11 Å². The molecule has 1 atom stereocenters. The minimum atomic E-state index is 0.301. The topological polar surface area (TPSA) is 49.0 Å². The van der Waals surface area contributed by atoms with E-state index in [4.69, 9.17) is 18.9 Å². The van der Waals surface area contributed by atoms with Gasteiger partial charge in [-0.3, -0.25) is 0 Å². The van der Waals surface area contributed by atoms with Gasteiger partial charge in [0.15, 0.2) is 0 Å². The van der Waals surface area contributed by atoms with Gasteiger partial charge in [-0.1, -0.05) is 6.92 Å². The van der Waals surface area contributed by atoms with Crippen LogP contribution < -0.4 is 5.32 Å². The van der Waals surface area contributed by atoms with Crippen molar-refractivity contribution < 1.29 is 18.9 Å². The Morgan fingerprint density at radius 2 is 1.73 bits per heavy atom. The molecule has 1 N–H and O–H groups in total. The molecule has 0 bridgehead atoms. The number of hydrogen-bond acceptors (Lipinski definition) is 5. The van der Waals surface area contributed by atoms with Crippen molar-refractivity contribution in [1.29, 1.82) is 0 Å². The van der Waals surface area contributed by atoms with Gasteiger partial charge in [-0.25, -0.2) is 0 Å². The van der Waals surface area contributed by atoms with E-state index in [0.29, 0.717) is 43.5 Å². The fraction of sp³-hybridized carbons (Fsp3) is 1.00. The van der Waals surface area contributed by atoms with E-state index in [-0.39, 0.29) is 0 Å². The maximum absolute atomic E-state index is 5.89. The lowest BCUT2D eigenvalue weighted by Gasteiger charge is -2.39. The maximum Gasteiger partial charge on any atom is 0.0705 e. The van der Waals surface area contributed by atoms with Gasteiger partial charge < -0.3 is 24.3 Å². The second-order valence-corrected chi connectivity index (χ2v) is 6.57. The average Bonchev–Trinajstić information content (AvgIpc) is 2.44. The lowest BCUT2D eigenvalue weighted by molar-refractivity contribution is -0.121. The third kappa shape index (κ3) is 5.78. The van der Waals surface area contributed by atoms with Gasteiger partial charge in [-0.2, -0.15) is 0 Å².